The standard InChI is InChI=1S/C28H30FN9O2/c1-5-6-25(39)38-12-11-37(17-19(38)3)26-22(16-33-27(36-26)35-21(14-30)15-31-4)20-7-8-24(23(29)13-20)40-28-32-10-9-18(2)34-28/h7-10,13-16,19H,11-12,17,30H2,1-4H3,(H,33,35,36)/t19-/m1/s1. The summed E-state index contributed by atoms with van der Waals surface area (Å²) in [6.07, 6.45) is 6.07. The topological polar surface area (TPSA) is 135 Å². The van der Waals surface area contributed by atoms with Crippen LogP contribution in [0, 0.1) is 24.6 Å². The van der Waals surface area contributed by atoms with Crippen molar-refractivity contribution in [1.82, 2.24) is 24.8 Å². The Kier molecular flexibility index (Phi) is 8.86. The summed E-state index contributed by atoms with van der Waals surface area (Å²) in [5, 5.41) is 3.04. The molecule has 1 saturated heterocycles. The Morgan fingerprint density at radius 1 is 1.27 bits per heavy atom. The molecule has 206 valence electrons. The number of aromatic nitrogens is 4. The predicted octanol–water partition coefficient (Wildman–Crippen LogP) is 3.15. The third-order valence-corrected chi connectivity index (χ3v) is 6.11. The molecule has 1 amide bonds. The minimum absolute atomic E-state index is 0.00975. The van der Waals surface area contributed by atoms with Crippen LogP contribution in [0.4, 0.5) is 16.2 Å². The molecule has 1 atom stereocenters. The van der Waals surface area contributed by atoms with Crippen LogP contribution in [0.15, 0.2) is 53.5 Å². The second-order valence-corrected chi connectivity index (χ2v) is 8.96. The van der Waals surface area contributed by atoms with Crippen LogP contribution in [0.1, 0.15) is 19.5 Å². The molecule has 3 aromatic rings. The second kappa shape index (κ2) is 12.7. The van der Waals surface area contributed by atoms with Crippen LogP contribution >= 0.6 is 0 Å². The van der Waals surface area contributed by atoms with E-state index < -0.39 is 5.82 Å². The molecule has 3 heterocycles. The van der Waals surface area contributed by atoms with E-state index in [9.17, 15) is 4.79 Å². The number of nitrogens with two attached hydrogens (primary N) is 1. The fraction of sp³-hybridized carbons (Fsp3) is 0.286. The van der Waals surface area contributed by atoms with Crippen molar-refractivity contribution < 1.29 is 13.9 Å². The highest BCUT2D eigenvalue weighted by Crippen LogP contribution is 2.34. The Balaban J connectivity index is 1.69. The first-order valence-corrected chi connectivity index (χ1v) is 12.6. The van der Waals surface area contributed by atoms with Crippen LogP contribution in [-0.4, -0.2) is 69.7 Å². The summed E-state index contributed by atoms with van der Waals surface area (Å²) in [7, 11) is 1.62. The summed E-state index contributed by atoms with van der Waals surface area (Å²) in [5.74, 6) is 5.31. The Bertz CT molecular complexity index is 1510. The van der Waals surface area contributed by atoms with Gasteiger partial charge in [0.2, 0.25) is 5.95 Å². The highest BCUT2D eigenvalue weighted by molar-refractivity contribution is 5.94. The highest BCUT2D eigenvalue weighted by Gasteiger charge is 2.29. The maximum atomic E-state index is 15.2. The molecule has 1 fully saturated rings. The lowest BCUT2D eigenvalue weighted by Crippen LogP contribution is -2.54. The zero-order chi connectivity index (χ0) is 28.6. The predicted molar refractivity (Wildman–Crippen MR) is 151 cm³/mol. The number of carbonyl (C=O) groups excluding carboxylic acids is 1. The number of hydrogen-bond donors (Lipinski definition) is 2. The van der Waals surface area contributed by atoms with Crippen molar-refractivity contribution in [3.8, 4) is 34.7 Å². The zero-order valence-corrected chi connectivity index (χ0v) is 22.7. The van der Waals surface area contributed by atoms with Crippen molar-refractivity contribution in [3.05, 3.63) is 60.1 Å². The molecule has 1 aliphatic heterocycles. The third-order valence-electron chi connectivity index (χ3n) is 6.11. The summed E-state index contributed by atoms with van der Waals surface area (Å²) in [6.45, 7) is 6.82. The Morgan fingerprint density at radius 2 is 2.10 bits per heavy atom. The van der Waals surface area contributed by atoms with Gasteiger partial charge in [0.25, 0.3) is 5.91 Å². The van der Waals surface area contributed by atoms with E-state index in [0.29, 0.717) is 48.0 Å². The number of nitrogens with zero attached hydrogens (tertiary/aromatic N) is 7. The van der Waals surface area contributed by atoms with E-state index in [2.05, 4.69) is 37.1 Å². The maximum absolute atomic E-state index is 15.2. The molecular formula is C28H30FN9O2. The molecule has 3 N–H and O–H groups in total. The summed E-state index contributed by atoms with van der Waals surface area (Å²) in [5.41, 5.74) is 8.05. The van der Waals surface area contributed by atoms with E-state index in [1.54, 1.807) is 56.5 Å². The molecule has 0 aliphatic carbocycles. The van der Waals surface area contributed by atoms with Crippen LogP contribution in [0.25, 0.3) is 11.1 Å². The lowest BCUT2D eigenvalue weighted by atomic mass is 10.1. The van der Waals surface area contributed by atoms with E-state index >= 15 is 4.39 Å². The maximum Gasteiger partial charge on any atom is 0.322 e. The molecule has 0 radical (unpaired) electrons. The van der Waals surface area contributed by atoms with Crippen molar-refractivity contribution in [2.24, 2.45) is 10.7 Å². The number of allylic oxidation sites excluding steroid dienone is 1. The minimum atomic E-state index is -0.592. The van der Waals surface area contributed by atoms with E-state index in [4.69, 9.17) is 15.5 Å². The Morgan fingerprint density at radius 3 is 2.77 bits per heavy atom. The number of aliphatic imine (C=N–C) groups is 1. The van der Waals surface area contributed by atoms with Gasteiger partial charge in [0.15, 0.2) is 11.6 Å². The van der Waals surface area contributed by atoms with Gasteiger partial charge in [-0.05, 0) is 50.5 Å². The molecule has 1 aromatic carbocycles. The zero-order valence-electron chi connectivity index (χ0n) is 22.7. The molecule has 4 rings (SSSR count). The fourth-order valence-corrected chi connectivity index (χ4v) is 4.22. The van der Waals surface area contributed by atoms with Crippen LogP contribution in [0.5, 0.6) is 11.8 Å². The molecule has 0 bridgehead atoms. The number of piperazine rings is 1. The van der Waals surface area contributed by atoms with Gasteiger partial charge in [0.1, 0.15) is 5.82 Å². The number of carbonyl (C=O) groups is 1. The number of ether oxygens (including phenoxy) is 1. The number of hydrogen-bond acceptors (Lipinski definition) is 10. The van der Waals surface area contributed by atoms with Crippen molar-refractivity contribution >= 4 is 23.9 Å². The van der Waals surface area contributed by atoms with Gasteiger partial charge in [-0.15, -0.1) is 0 Å². The van der Waals surface area contributed by atoms with Crippen molar-refractivity contribution in [1.29, 1.82) is 0 Å². The smallest absolute Gasteiger partial charge is 0.322 e. The van der Waals surface area contributed by atoms with Crippen LogP contribution in [0.2, 0.25) is 0 Å². The van der Waals surface area contributed by atoms with Gasteiger partial charge in [-0.25, -0.2) is 19.3 Å². The van der Waals surface area contributed by atoms with Gasteiger partial charge < -0.3 is 25.6 Å². The van der Waals surface area contributed by atoms with Gasteiger partial charge in [0.05, 0.1) is 5.70 Å². The Hall–Kier alpha value is -5.05. The van der Waals surface area contributed by atoms with Gasteiger partial charge in [0, 0.05) is 68.8 Å². The average Bonchev–Trinajstić information content (AvgIpc) is 2.94. The molecule has 1 aliphatic rings. The first kappa shape index (κ1) is 28.0. The average molecular weight is 544 g/mol. The van der Waals surface area contributed by atoms with E-state index in [0.717, 1.165) is 0 Å². The van der Waals surface area contributed by atoms with Crippen molar-refractivity contribution in [2.45, 2.75) is 26.8 Å². The summed E-state index contributed by atoms with van der Waals surface area (Å²) in [6, 6.07) is 6.24. The molecule has 12 heteroatoms. The minimum Gasteiger partial charge on any atom is -0.421 e. The molecule has 0 spiro atoms. The highest BCUT2D eigenvalue weighted by atomic mass is 19.1. The largest absolute Gasteiger partial charge is 0.421 e. The number of anilines is 2. The van der Waals surface area contributed by atoms with E-state index in [1.807, 2.05) is 11.8 Å². The van der Waals surface area contributed by atoms with Gasteiger partial charge >= 0.3 is 6.01 Å². The quantitative estimate of drug-likeness (QED) is 0.340. The normalized spacial score (nSPS) is 15.5. The third kappa shape index (κ3) is 6.50. The van der Waals surface area contributed by atoms with E-state index in [-0.39, 0.29) is 29.7 Å². The Labute approximate surface area is 232 Å². The molecule has 0 saturated carbocycles. The molecule has 2 aromatic heterocycles. The fourth-order valence-electron chi connectivity index (χ4n) is 4.22. The van der Waals surface area contributed by atoms with Gasteiger partial charge in [-0.1, -0.05) is 12.0 Å². The first-order valence-electron chi connectivity index (χ1n) is 12.6. The SMILES string of the molecule is CC#CC(=O)N1CCN(c2nc(NC(C=NC)=CN)ncc2-c2ccc(Oc3nccc(C)n3)c(F)c2)C[C@H]1C. The lowest BCUT2D eigenvalue weighted by Gasteiger charge is -2.40. The van der Waals surface area contributed by atoms with Gasteiger partial charge in [-0.2, -0.15) is 4.98 Å². The summed E-state index contributed by atoms with van der Waals surface area (Å²) >= 11 is 0. The number of benzene rings is 1. The van der Waals surface area contributed by atoms with Crippen LogP contribution < -0.4 is 20.7 Å². The van der Waals surface area contributed by atoms with Crippen molar-refractivity contribution in [2.75, 3.05) is 36.9 Å². The monoisotopic (exact) mass is 543 g/mol. The first-order chi connectivity index (χ1) is 19.3. The number of aryl methyl sites for hydroxylation is 1. The number of amides is 1. The van der Waals surface area contributed by atoms with Crippen molar-refractivity contribution in [3.63, 3.8) is 0 Å². The van der Waals surface area contributed by atoms with Gasteiger partial charge in [-0.3, -0.25) is 9.79 Å². The number of halogens is 1. The van der Waals surface area contributed by atoms with Crippen LogP contribution in [0.3, 0.4) is 0 Å². The van der Waals surface area contributed by atoms with E-state index in [1.165, 1.54) is 18.3 Å². The summed E-state index contributed by atoms with van der Waals surface area (Å²) in [4.78, 5) is 37.6. The number of rotatable bonds is 7. The molecule has 40 heavy (non-hydrogen) atoms. The molecular weight excluding hydrogens is 513 g/mol. The lowest BCUT2D eigenvalue weighted by molar-refractivity contribution is -0.127. The number of nitrogens with one attached hydrogen (secondary N) is 1. The molecule has 11 nitrogen and oxygen atoms in total. The van der Waals surface area contributed by atoms with Crippen LogP contribution in [-0.2, 0) is 4.79 Å². The summed E-state index contributed by atoms with van der Waals surface area (Å²) < 4.78 is 20.8. The molecule has 0 unspecified atom stereocenters. The second-order valence-electron chi connectivity index (χ2n) is 8.96.